The molecule has 0 saturated heterocycles. The van der Waals surface area contributed by atoms with E-state index in [4.69, 9.17) is 0 Å². The topological polar surface area (TPSA) is 12.0 Å². The number of nitrogens with one attached hydrogen (secondary N) is 1. The molecule has 1 nitrogen and oxygen atoms in total. The summed E-state index contributed by atoms with van der Waals surface area (Å²) in [4.78, 5) is 0. The van der Waals surface area contributed by atoms with Crippen molar-refractivity contribution >= 4 is 10.8 Å². The van der Waals surface area contributed by atoms with Crippen LogP contribution in [-0.2, 0) is 6.42 Å². The first-order chi connectivity index (χ1) is 9.31. The Bertz CT molecular complexity index is 499. The third kappa shape index (κ3) is 4.07. The Hall–Kier alpha value is -1.34. The van der Waals surface area contributed by atoms with Crippen molar-refractivity contribution in [1.82, 2.24) is 5.32 Å². The Morgan fingerprint density at radius 2 is 1.79 bits per heavy atom. The van der Waals surface area contributed by atoms with E-state index in [0.717, 1.165) is 19.0 Å². The fraction of sp³-hybridized carbons (Fsp3) is 0.444. The van der Waals surface area contributed by atoms with Crippen LogP contribution in [0, 0.1) is 5.92 Å². The predicted octanol–water partition coefficient (Wildman–Crippen LogP) is 4.41. The third-order valence-electron chi connectivity index (χ3n) is 3.69. The van der Waals surface area contributed by atoms with Crippen LogP contribution in [0.4, 0.5) is 0 Å². The molecule has 0 aromatic heterocycles. The van der Waals surface area contributed by atoms with E-state index in [1.807, 2.05) is 0 Å². The summed E-state index contributed by atoms with van der Waals surface area (Å²) >= 11 is 0. The molecule has 0 amide bonds. The monoisotopic (exact) mass is 255 g/mol. The number of rotatable bonds is 7. The standard InChI is InChI=1S/C18H25N/c1-3-12-19-13-11-15(2)14-17-9-6-8-16-7-4-5-10-18(16)17/h4-10,15,19H,3,11-14H2,1-2H3. The molecule has 0 fully saturated rings. The highest BCUT2D eigenvalue weighted by molar-refractivity contribution is 5.85. The van der Waals surface area contributed by atoms with Crippen LogP contribution in [0.1, 0.15) is 32.3 Å². The van der Waals surface area contributed by atoms with Crippen molar-refractivity contribution in [3.8, 4) is 0 Å². The molecule has 1 unspecified atom stereocenters. The Morgan fingerprint density at radius 1 is 1.00 bits per heavy atom. The molecule has 102 valence electrons. The van der Waals surface area contributed by atoms with E-state index in [2.05, 4.69) is 61.6 Å². The molecule has 0 radical (unpaired) electrons. The maximum absolute atomic E-state index is 3.49. The molecule has 2 rings (SSSR count). The lowest BCUT2D eigenvalue weighted by Gasteiger charge is -2.13. The van der Waals surface area contributed by atoms with Crippen LogP contribution in [0.5, 0.6) is 0 Å². The largest absolute Gasteiger partial charge is 0.317 e. The summed E-state index contributed by atoms with van der Waals surface area (Å²) in [6.45, 7) is 6.85. The predicted molar refractivity (Wildman–Crippen MR) is 84.6 cm³/mol. The molecule has 2 aromatic carbocycles. The normalized spacial score (nSPS) is 12.7. The second kappa shape index (κ2) is 7.30. The summed E-state index contributed by atoms with van der Waals surface area (Å²) < 4.78 is 0. The Morgan fingerprint density at radius 3 is 2.63 bits per heavy atom. The third-order valence-corrected chi connectivity index (χ3v) is 3.69. The molecule has 2 aromatic rings. The second-order valence-corrected chi connectivity index (χ2v) is 5.49. The zero-order valence-corrected chi connectivity index (χ0v) is 12.2. The molecule has 0 bridgehead atoms. The van der Waals surface area contributed by atoms with Crippen molar-refractivity contribution in [2.24, 2.45) is 5.92 Å². The Labute approximate surface area is 117 Å². The zero-order valence-electron chi connectivity index (χ0n) is 12.2. The number of hydrogen-bond acceptors (Lipinski definition) is 1. The van der Waals surface area contributed by atoms with E-state index in [-0.39, 0.29) is 0 Å². The minimum atomic E-state index is 0.732. The van der Waals surface area contributed by atoms with Gasteiger partial charge in [0.05, 0.1) is 0 Å². The van der Waals surface area contributed by atoms with Crippen LogP contribution in [0.25, 0.3) is 10.8 Å². The van der Waals surface area contributed by atoms with Gasteiger partial charge in [-0.05, 0) is 54.6 Å². The molecule has 0 saturated carbocycles. The van der Waals surface area contributed by atoms with Gasteiger partial charge in [0, 0.05) is 0 Å². The van der Waals surface area contributed by atoms with Gasteiger partial charge >= 0.3 is 0 Å². The van der Waals surface area contributed by atoms with Crippen LogP contribution in [0.15, 0.2) is 42.5 Å². The molecule has 1 heteroatoms. The summed E-state index contributed by atoms with van der Waals surface area (Å²) in [6, 6.07) is 15.4. The van der Waals surface area contributed by atoms with E-state index in [9.17, 15) is 0 Å². The summed E-state index contributed by atoms with van der Waals surface area (Å²) in [6.07, 6.45) is 3.65. The fourth-order valence-corrected chi connectivity index (χ4v) is 2.60. The van der Waals surface area contributed by atoms with Gasteiger partial charge in [0.1, 0.15) is 0 Å². The van der Waals surface area contributed by atoms with Crippen LogP contribution in [0.3, 0.4) is 0 Å². The van der Waals surface area contributed by atoms with Gasteiger partial charge < -0.3 is 5.32 Å². The van der Waals surface area contributed by atoms with E-state index >= 15 is 0 Å². The molecule has 0 aliphatic carbocycles. The Balaban J connectivity index is 1.97. The van der Waals surface area contributed by atoms with Gasteiger partial charge in [0.25, 0.3) is 0 Å². The lowest BCUT2D eigenvalue weighted by atomic mass is 9.94. The van der Waals surface area contributed by atoms with Gasteiger partial charge in [0.15, 0.2) is 0 Å². The van der Waals surface area contributed by atoms with Crippen molar-refractivity contribution in [1.29, 1.82) is 0 Å². The van der Waals surface area contributed by atoms with E-state index < -0.39 is 0 Å². The van der Waals surface area contributed by atoms with Crippen molar-refractivity contribution in [2.45, 2.75) is 33.1 Å². The average Bonchev–Trinajstić information content (AvgIpc) is 2.44. The molecule has 1 atom stereocenters. The van der Waals surface area contributed by atoms with Gasteiger partial charge in [0.2, 0.25) is 0 Å². The summed E-state index contributed by atoms with van der Waals surface area (Å²) in [5.41, 5.74) is 1.49. The maximum atomic E-state index is 3.49. The van der Waals surface area contributed by atoms with Crippen LogP contribution < -0.4 is 5.32 Å². The zero-order chi connectivity index (χ0) is 13.5. The molecule has 0 heterocycles. The van der Waals surface area contributed by atoms with Crippen LogP contribution in [0.2, 0.25) is 0 Å². The summed E-state index contributed by atoms with van der Waals surface area (Å²) in [5.74, 6) is 0.732. The number of benzene rings is 2. The van der Waals surface area contributed by atoms with Crippen molar-refractivity contribution in [2.75, 3.05) is 13.1 Å². The Kier molecular flexibility index (Phi) is 5.41. The molecule has 19 heavy (non-hydrogen) atoms. The first-order valence-electron chi connectivity index (χ1n) is 7.48. The summed E-state index contributed by atoms with van der Waals surface area (Å²) in [7, 11) is 0. The molecular formula is C18H25N. The van der Waals surface area contributed by atoms with E-state index in [0.29, 0.717) is 0 Å². The van der Waals surface area contributed by atoms with E-state index in [1.54, 1.807) is 0 Å². The number of hydrogen-bond donors (Lipinski definition) is 1. The fourth-order valence-electron chi connectivity index (χ4n) is 2.60. The van der Waals surface area contributed by atoms with Gasteiger partial charge in [-0.25, -0.2) is 0 Å². The quantitative estimate of drug-likeness (QED) is 0.723. The average molecular weight is 255 g/mol. The lowest BCUT2D eigenvalue weighted by Crippen LogP contribution is -2.18. The lowest BCUT2D eigenvalue weighted by molar-refractivity contribution is 0.499. The maximum Gasteiger partial charge on any atom is -0.00463 e. The first-order valence-corrected chi connectivity index (χ1v) is 7.48. The second-order valence-electron chi connectivity index (χ2n) is 5.49. The minimum absolute atomic E-state index is 0.732. The summed E-state index contributed by atoms with van der Waals surface area (Å²) in [5, 5.41) is 6.26. The van der Waals surface area contributed by atoms with Crippen molar-refractivity contribution in [3.05, 3.63) is 48.0 Å². The minimum Gasteiger partial charge on any atom is -0.317 e. The van der Waals surface area contributed by atoms with Gasteiger partial charge in [-0.15, -0.1) is 0 Å². The smallest absolute Gasteiger partial charge is 0.00463 e. The van der Waals surface area contributed by atoms with Gasteiger partial charge in [-0.2, -0.15) is 0 Å². The highest BCUT2D eigenvalue weighted by Gasteiger charge is 2.06. The number of fused-ring (bicyclic) bond motifs is 1. The molecular weight excluding hydrogens is 230 g/mol. The molecule has 1 N–H and O–H groups in total. The SMILES string of the molecule is CCCNCCC(C)Cc1cccc2ccccc12. The van der Waals surface area contributed by atoms with Gasteiger partial charge in [-0.1, -0.05) is 56.3 Å². The van der Waals surface area contributed by atoms with Crippen molar-refractivity contribution in [3.63, 3.8) is 0 Å². The van der Waals surface area contributed by atoms with Crippen LogP contribution in [-0.4, -0.2) is 13.1 Å². The van der Waals surface area contributed by atoms with Crippen LogP contribution >= 0.6 is 0 Å². The van der Waals surface area contributed by atoms with Gasteiger partial charge in [-0.3, -0.25) is 0 Å². The first kappa shape index (κ1) is 14.1. The van der Waals surface area contributed by atoms with Crippen molar-refractivity contribution < 1.29 is 0 Å². The van der Waals surface area contributed by atoms with E-state index in [1.165, 1.54) is 35.6 Å². The molecule has 0 aliphatic heterocycles. The molecule has 0 spiro atoms. The highest BCUT2D eigenvalue weighted by atomic mass is 14.8. The molecule has 0 aliphatic rings. The highest BCUT2D eigenvalue weighted by Crippen LogP contribution is 2.22.